The first-order valence-corrected chi connectivity index (χ1v) is 7.12. The van der Waals surface area contributed by atoms with Crippen molar-refractivity contribution in [2.75, 3.05) is 6.54 Å². The number of hydrogen-bond acceptors (Lipinski definition) is 4. The fraction of sp³-hybridized carbons (Fsp3) is 0.167. The van der Waals surface area contributed by atoms with Crippen molar-refractivity contribution in [1.29, 1.82) is 5.26 Å². The third-order valence-electron chi connectivity index (χ3n) is 3.12. The zero-order valence-corrected chi connectivity index (χ0v) is 12.5. The highest BCUT2D eigenvalue weighted by atomic mass is 16.5. The van der Waals surface area contributed by atoms with Crippen molar-refractivity contribution in [2.24, 2.45) is 0 Å². The monoisotopic (exact) mass is 308 g/mol. The third-order valence-corrected chi connectivity index (χ3v) is 3.12. The van der Waals surface area contributed by atoms with Gasteiger partial charge in [0.1, 0.15) is 13.2 Å². The highest BCUT2D eigenvalue weighted by Crippen LogP contribution is 2.05. The fourth-order valence-electron chi connectivity index (χ4n) is 1.90. The minimum atomic E-state index is -0.504. The summed E-state index contributed by atoms with van der Waals surface area (Å²) < 4.78 is 5.07. The molecule has 0 radical (unpaired) electrons. The Labute approximate surface area is 134 Å². The van der Waals surface area contributed by atoms with Gasteiger partial charge in [0.05, 0.1) is 18.1 Å². The lowest BCUT2D eigenvalue weighted by Gasteiger charge is -2.07. The Hall–Kier alpha value is -3.13. The van der Waals surface area contributed by atoms with Crippen LogP contribution in [0.15, 0.2) is 54.6 Å². The number of hydrogen-bond donors (Lipinski definition) is 1. The van der Waals surface area contributed by atoms with Crippen LogP contribution in [-0.4, -0.2) is 18.4 Å². The maximum Gasteiger partial charge on any atom is 0.325 e. The lowest BCUT2D eigenvalue weighted by Crippen LogP contribution is -2.31. The first-order valence-electron chi connectivity index (χ1n) is 7.12. The lowest BCUT2D eigenvalue weighted by molar-refractivity contribution is -0.145. The second-order valence-corrected chi connectivity index (χ2v) is 4.91. The van der Waals surface area contributed by atoms with Crippen molar-refractivity contribution >= 4 is 11.9 Å². The summed E-state index contributed by atoms with van der Waals surface area (Å²) in [7, 11) is 0. The maximum atomic E-state index is 11.7. The number of nitrogens with zero attached hydrogens (tertiary/aromatic N) is 1. The van der Waals surface area contributed by atoms with Gasteiger partial charge in [-0.25, -0.2) is 0 Å². The molecule has 2 rings (SSSR count). The Balaban J connectivity index is 1.70. The van der Waals surface area contributed by atoms with Crippen LogP contribution < -0.4 is 5.32 Å². The largest absolute Gasteiger partial charge is 0.460 e. The molecular formula is C18H16N2O3. The van der Waals surface area contributed by atoms with Gasteiger partial charge < -0.3 is 10.1 Å². The van der Waals surface area contributed by atoms with E-state index in [0.29, 0.717) is 5.56 Å². The Morgan fingerprint density at radius 3 is 2.35 bits per heavy atom. The molecule has 23 heavy (non-hydrogen) atoms. The van der Waals surface area contributed by atoms with Crippen LogP contribution in [-0.2, 0) is 27.4 Å². The lowest BCUT2D eigenvalue weighted by atomic mass is 10.1. The van der Waals surface area contributed by atoms with E-state index < -0.39 is 5.97 Å². The summed E-state index contributed by atoms with van der Waals surface area (Å²) in [5, 5.41) is 11.2. The van der Waals surface area contributed by atoms with Crippen LogP contribution in [0.3, 0.4) is 0 Å². The molecule has 0 saturated carbocycles. The third kappa shape index (κ3) is 5.64. The molecule has 0 heterocycles. The van der Waals surface area contributed by atoms with Gasteiger partial charge in [-0.05, 0) is 23.3 Å². The molecule has 0 atom stereocenters. The van der Waals surface area contributed by atoms with Crippen molar-refractivity contribution in [3.63, 3.8) is 0 Å². The quantitative estimate of drug-likeness (QED) is 0.827. The van der Waals surface area contributed by atoms with E-state index in [9.17, 15) is 9.59 Å². The van der Waals surface area contributed by atoms with Crippen LogP contribution in [0.25, 0.3) is 0 Å². The number of esters is 1. The summed E-state index contributed by atoms with van der Waals surface area (Å²) in [6.07, 6.45) is 0.226. The summed E-state index contributed by atoms with van der Waals surface area (Å²) in [6, 6.07) is 18.1. The average Bonchev–Trinajstić information content (AvgIpc) is 2.59. The van der Waals surface area contributed by atoms with E-state index >= 15 is 0 Å². The minimum absolute atomic E-state index is 0.110. The summed E-state index contributed by atoms with van der Waals surface area (Å²) >= 11 is 0. The molecule has 2 aromatic carbocycles. The summed E-state index contributed by atoms with van der Waals surface area (Å²) in [5.74, 6) is -0.734. The van der Waals surface area contributed by atoms with Crippen LogP contribution >= 0.6 is 0 Å². The van der Waals surface area contributed by atoms with Gasteiger partial charge in [0, 0.05) is 0 Å². The van der Waals surface area contributed by atoms with Crippen LogP contribution in [0.5, 0.6) is 0 Å². The number of carbonyl (C=O) groups excluding carboxylic acids is 2. The van der Waals surface area contributed by atoms with Gasteiger partial charge in [-0.3, -0.25) is 9.59 Å². The number of nitriles is 1. The molecule has 0 aliphatic rings. The molecule has 0 aromatic heterocycles. The summed E-state index contributed by atoms with van der Waals surface area (Å²) in [4.78, 5) is 23.3. The molecule has 0 saturated heterocycles. The van der Waals surface area contributed by atoms with Gasteiger partial charge in [0.25, 0.3) is 0 Å². The molecule has 0 fully saturated rings. The first kappa shape index (κ1) is 16.2. The maximum absolute atomic E-state index is 11.7. The normalized spacial score (nSPS) is 9.70. The molecular weight excluding hydrogens is 292 g/mol. The van der Waals surface area contributed by atoms with Gasteiger partial charge >= 0.3 is 5.97 Å². The molecule has 0 unspecified atom stereocenters. The van der Waals surface area contributed by atoms with E-state index in [1.807, 2.05) is 36.4 Å². The number of nitrogens with one attached hydrogen (secondary N) is 1. The predicted molar refractivity (Wildman–Crippen MR) is 84.1 cm³/mol. The number of benzene rings is 2. The molecule has 2 aromatic rings. The van der Waals surface area contributed by atoms with Crippen LogP contribution in [0, 0.1) is 11.3 Å². The molecule has 0 bridgehead atoms. The predicted octanol–water partition coefficient (Wildman–Crippen LogP) is 1.96. The molecule has 5 nitrogen and oxygen atoms in total. The fourth-order valence-corrected chi connectivity index (χ4v) is 1.90. The Morgan fingerprint density at radius 2 is 1.70 bits per heavy atom. The number of amides is 1. The molecule has 0 aliphatic carbocycles. The smallest absolute Gasteiger partial charge is 0.325 e. The molecule has 0 spiro atoms. The van der Waals surface area contributed by atoms with E-state index in [1.165, 1.54) is 0 Å². The number of ether oxygens (including phenoxy) is 1. The zero-order chi connectivity index (χ0) is 16.5. The zero-order valence-electron chi connectivity index (χ0n) is 12.5. The molecule has 5 heteroatoms. The molecule has 1 amide bonds. The molecule has 1 N–H and O–H groups in total. The van der Waals surface area contributed by atoms with E-state index in [0.717, 1.165) is 11.1 Å². The van der Waals surface area contributed by atoms with Gasteiger partial charge in [0.2, 0.25) is 5.91 Å². The molecule has 116 valence electrons. The standard InChI is InChI=1S/C18H16N2O3/c19-11-15-6-8-16(9-7-15)13-23-18(22)12-20-17(21)10-14-4-2-1-3-5-14/h1-9H,10,12-13H2,(H,20,21). The van der Waals surface area contributed by atoms with Crippen LogP contribution in [0.4, 0.5) is 0 Å². The average molecular weight is 308 g/mol. The summed E-state index contributed by atoms with van der Waals surface area (Å²) in [6.45, 7) is -0.0545. The van der Waals surface area contributed by atoms with Crippen molar-refractivity contribution in [1.82, 2.24) is 5.32 Å². The minimum Gasteiger partial charge on any atom is -0.460 e. The van der Waals surface area contributed by atoms with Gasteiger partial charge in [-0.1, -0.05) is 42.5 Å². The first-order chi connectivity index (χ1) is 11.2. The topological polar surface area (TPSA) is 79.2 Å². The van der Waals surface area contributed by atoms with Crippen molar-refractivity contribution < 1.29 is 14.3 Å². The van der Waals surface area contributed by atoms with Crippen LogP contribution in [0.1, 0.15) is 16.7 Å². The van der Waals surface area contributed by atoms with Crippen molar-refractivity contribution in [2.45, 2.75) is 13.0 Å². The van der Waals surface area contributed by atoms with Crippen LogP contribution in [0.2, 0.25) is 0 Å². The number of rotatable bonds is 6. The second-order valence-electron chi connectivity index (χ2n) is 4.91. The van der Waals surface area contributed by atoms with E-state index in [2.05, 4.69) is 5.32 Å². The van der Waals surface area contributed by atoms with E-state index in [1.54, 1.807) is 24.3 Å². The van der Waals surface area contributed by atoms with E-state index in [4.69, 9.17) is 10.00 Å². The van der Waals surface area contributed by atoms with Crippen molar-refractivity contribution in [3.05, 3.63) is 71.3 Å². The van der Waals surface area contributed by atoms with Gasteiger partial charge in [0.15, 0.2) is 0 Å². The van der Waals surface area contributed by atoms with Gasteiger partial charge in [-0.15, -0.1) is 0 Å². The SMILES string of the molecule is N#Cc1ccc(COC(=O)CNC(=O)Cc2ccccc2)cc1. The second kappa shape index (κ2) is 8.35. The van der Waals surface area contributed by atoms with E-state index in [-0.39, 0.29) is 25.5 Å². The Morgan fingerprint density at radius 1 is 1.00 bits per heavy atom. The highest BCUT2D eigenvalue weighted by molar-refractivity contribution is 5.83. The van der Waals surface area contributed by atoms with Crippen molar-refractivity contribution in [3.8, 4) is 6.07 Å². The Kier molecular flexibility index (Phi) is 5.89. The number of carbonyl (C=O) groups is 2. The summed E-state index contributed by atoms with van der Waals surface area (Å²) in [5.41, 5.74) is 2.22. The van der Waals surface area contributed by atoms with Gasteiger partial charge in [-0.2, -0.15) is 5.26 Å². The Bertz CT molecular complexity index is 703. The molecule has 0 aliphatic heterocycles. The highest BCUT2D eigenvalue weighted by Gasteiger charge is 2.07.